The molecule has 0 atom stereocenters. The zero-order valence-corrected chi connectivity index (χ0v) is 11.1. The van der Waals surface area contributed by atoms with Crippen LogP contribution in [0.15, 0.2) is 0 Å². The normalized spacial score (nSPS) is 16.7. The number of nitrogens with two attached hydrogens (primary N) is 1. The zero-order valence-electron chi connectivity index (χ0n) is 11.1. The SMILES string of the molecule is COC(=O)CN1CCN(C(=O)CCCCN)CC1. The van der Waals surface area contributed by atoms with E-state index >= 15 is 0 Å². The molecule has 1 aliphatic rings. The molecule has 0 aromatic rings. The van der Waals surface area contributed by atoms with Gasteiger partial charge in [0.05, 0.1) is 13.7 Å². The van der Waals surface area contributed by atoms with Crippen LogP contribution in [0.5, 0.6) is 0 Å². The van der Waals surface area contributed by atoms with E-state index in [9.17, 15) is 9.59 Å². The van der Waals surface area contributed by atoms with Crippen LogP contribution in [0.1, 0.15) is 19.3 Å². The average molecular weight is 257 g/mol. The van der Waals surface area contributed by atoms with Gasteiger partial charge in [-0.15, -0.1) is 0 Å². The van der Waals surface area contributed by atoms with Crippen molar-refractivity contribution in [1.29, 1.82) is 0 Å². The molecule has 0 saturated carbocycles. The number of amides is 1. The highest BCUT2D eigenvalue weighted by molar-refractivity contribution is 5.76. The van der Waals surface area contributed by atoms with Gasteiger partial charge in [-0.1, -0.05) is 0 Å². The lowest BCUT2D eigenvalue weighted by atomic mass is 10.2. The fourth-order valence-electron chi connectivity index (χ4n) is 1.98. The molecule has 1 fully saturated rings. The average Bonchev–Trinajstić information content (AvgIpc) is 2.39. The van der Waals surface area contributed by atoms with Gasteiger partial charge in [-0.25, -0.2) is 0 Å². The summed E-state index contributed by atoms with van der Waals surface area (Å²) < 4.78 is 4.62. The van der Waals surface area contributed by atoms with Gasteiger partial charge in [0.1, 0.15) is 0 Å². The quantitative estimate of drug-likeness (QED) is 0.509. The van der Waals surface area contributed by atoms with E-state index in [1.807, 2.05) is 9.80 Å². The summed E-state index contributed by atoms with van der Waals surface area (Å²) in [5, 5.41) is 0. The van der Waals surface area contributed by atoms with Crippen LogP contribution >= 0.6 is 0 Å². The fourth-order valence-corrected chi connectivity index (χ4v) is 1.98. The first-order valence-corrected chi connectivity index (χ1v) is 6.44. The Morgan fingerprint density at radius 2 is 1.83 bits per heavy atom. The lowest BCUT2D eigenvalue weighted by molar-refractivity contribution is -0.142. The second kappa shape index (κ2) is 8.05. The largest absolute Gasteiger partial charge is 0.468 e. The number of carbonyl (C=O) groups excluding carboxylic acids is 2. The van der Waals surface area contributed by atoms with Crippen molar-refractivity contribution < 1.29 is 14.3 Å². The molecule has 1 aliphatic heterocycles. The molecule has 0 aromatic heterocycles. The monoisotopic (exact) mass is 257 g/mol. The van der Waals surface area contributed by atoms with Gasteiger partial charge in [0.25, 0.3) is 0 Å². The maximum absolute atomic E-state index is 11.8. The predicted molar refractivity (Wildman–Crippen MR) is 67.9 cm³/mol. The molecule has 6 nitrogen and oxygen atoms in total. The molecule has 0 bridgehead atoms. The Kier molecular flexibility index (Phi) is 6.67. The Balaban J connectivity index is 2.22. The van der Waals surface area contributed by atoms with E-state index in [1.165, 1.54) is 7.11 Å². The number of esters is 1. The minimum Gasteiger partial charge on any atom is -0.468 e. The van der Waals surface area contributed by atoms with Gasteiger partial charge >= 0.3 is 5.97 Å². The van der Waals surface area contributed by atoms with Crippen molar-refractivity contribution in [1.82, 2.24) is 9.80 Å². The summed E-state index contributed by atoms with van der Waals surface area (Å²) in [4.78, 5) is 26.8. The summed E-state index contributed by atoms with van der Waals surface area (Å²) >= 11 is 0. The smallest absolute Gasteiger partial charge is 0.319 e. The van der Waals surface area contributed by atoms with Crippen molar-refractivity contribution in [2.45, 2.75) is 19.3 Å². The molecule has 104 valence electrons. The van der Waals surface area contributed by atoms with E-state index in [0.29, 0.717) is 32.6 Å². The number of hydrogen-bond donors (Lipinski definition) is 1. The molecule has 6 heteroatoms. The van der Waals surface area contributed by atoms with Crippen molar-refractivity contribution in [3.63, 3.8) is 0 Å². The van der Waals surface area contributed by atoms with Gasteiger partial charge in [0.15, 0.2) is 0 Å². The van der Waals surface area contributed by atoms with Gasteiger partial charge in [0.2, 0.25) is 5.91 Å². The van der Waals surface area contributed by atoms with Crippen LogP contribution in [0.3, 0.4) is 0 Å². The number of piperazine rings is 1. The first kappa shape index (κ1) is 14.9. The van der Waals surface area contributed by atoms with Crippen molar-refractivity contribution >= 4 is 11.9 Å². The van der Waals surface area contributed by atoms with Crippen LogP contribution in [0, 0.1) is 0 Å². The number of nitrogens with zero attached hydrogens (tertiary/aromatic N) is 2. The molecule has 0 aliphatic carbocycles. The molecule has 0 unspecified atom stereocenters. The van der Waals surface area contributed by atoms with Crippen LogP contribution in [0.2, 0.25) is 0 Å². The van der Waals surface area contributed by atoms with Gasteiger partial charge in [-0.2, -0.15) is 0 Å². The van der Waals surface area contributed by atoms with Crippen LogP contribution in [-0.2, 0) is 14.3 Å². The highest BCUT2D eigenvalue weighted by Crippen LogP contribution is 2.06. The second-order valence-corrected chi connectivity index (χ2v) is 4.48. The van der Waals surface area contributed by atoms with Gasteiger partial charge in [0, 0.05) is 32.6 Å². The van der Waals surface area contributed by atoms with E-state index in [-0.39, 0.29) is 11.9 Å². The third-order valence-electron chi connectivity index (χ3n) is 3.15. The van der Waals surface area contributed by atoms with E-state index in [2.05, 4.69) is 4.74 Å². The summed E-state index contributed by atoms with van der Waals surface area (Å²) in [7, 11) is 1.39. The standard InChI is InChI=1S/C12H23N3O3/c1-18-12(17)10-14-6-8-15(9-7-14)11(16)4-2-3-5-13/h2-10,13H2,1H3. The van der Waals surface area contributed by atoms with E-state index in [0.717, 1.165) is 25.9 Å². The first-order valence-electron chi connectivity index (χ1n) is 6.44. The first-order chi connectivity index (χ1) is 8.67. The Morgan fingerprint density at radius 3 is 2.39 bits per heavy atom. The molecule has 2 N–H and O–H groups in total. The number of methoxy groups -OCH3 is 1. The predicted octanol–water partition coefficient (Wildman–Crippen LogP) is -0.567. The van der Waals surface area contributed by atoms with Crippen LogP contribution in [0.4, 0.5) is 0 Å². The molecule has 18 heavy (non-hydrogen) atoms. The second-order valence-electron chi connectivity index (χ2n) is 4.48. The minimum atomic E-state index is -0.224. The molecular weight excluding hydrogens is 234 g/mol. The number of hydrogen-bond acceptors (Lipinski definition) is 5. The van der Waals surface area contributed by atoms with Gasteiger partial charge in [-0.05, 0) is 19.4 Å². The molecule has 1 rings (SSSR count). The molecule has 0 spiro atoms. The zero-order chi connectivity index (χ0) is 13.4. The molecule has 1 amide bonds. The summed E-state index contributed by atoms with van der Waals surface area (Å²) in [6.07, 6.45) is 2.33. The lowest BCUT2D eigenvalue weighted by Gasteiger charge is -2.34. The molecule has 0 radical (unpaired) electrons. The summed E-state index contributed by atoms with van der Waals surface area (Å²) in [6.45, 7) is 3.80. The van der Waals surface area contributed by atoms with E-state index in [4.69, 9.17) is 5.73 Å². The Hall–Kier alpha value is -1.14. The third kappa shape index (κ3) is 5.01. The number of unbranched alkanes of at least 4 members (excludes halogenated alkanes) is 1. The molecule has 1 heterocycles. The summed E-state index contributed by atoms with van der Waals surface area (Å²) in [5.41, 5.74) is 5.40. The maximum atomic E-state index is 11.8. The topological polar surface area (TPSA) is 75.9 Å². The Morgan fingerprint density at radius 1 is 1.17 bits per heavy atom. The van der Waals surface area contributed by atoms with Crippen LogP contribution < -0.4 is 5.73 Å². The van der Waals surface area contributed by atoms with Crippen molar-refractivity contribution in [2.75, 3.05) is 46.4 Å². The van der Waals surface area contributed by atoms with Gasteiger partial charge < -0.3 is 15.4 Å². The number of rotatable bonds is 6. The highest BCUT2D eigenvalue weighted by atomic mass is 16.5. The van der Waals surface area contributed by atoms with Gasteiger partial charge in [-0.3, -0.25) is 14.5 Å². The van der Waals surface area contributed by atoms with E-state index < -0.39 is 0 Å². The lowest BCUT2D eigenvalue weighted by Crippen LogP contribution is -2.50. The molecular formula is C12H23N3O3. The number of carbonyl (C=O) groups is 2. The highest BCUT2D eigenvalue weighted by Gasteiger charge is 2.21. The van der Waals surface area contributed by atoms with Crippen molar-refractivity contribution in [3.05, 3.63) is 0 Å². The Bertz CT molecular complexity index is 276. The molecule has 0 aromatic carbocycles. The third-order valence-corrected chi connectivity index (χ3v) is 3.15. The summed E-state index contributed by atoms with van der Waals surface area (Å²) in [6, 6.07) is 0. The maximum Gasteiger partial charge on any atom is 0.319 e. The van der Waals surface area contributed by atoms with Crippen molar-refractivity contribution in [3.8, 4) is 0 Å². The van der Waals surface area contributed by atoms with Crippen molar-refractivity contribution in [2.24, 2.45) is 5.73 Å². The minimum absolute atomic E-state index is 0.196. The van der Waals surface area contributed by atoms with Crippen LogP contribution in [0.25, 0.3) is 0 Å². The van der Waals surface area contributed by atoms with Crippen LogP contribution in [-0.4, -0.2) is 68.1 Å². The summed E-state index contributed by atoms with van der Waals surface area (Å²) in [5.74, 6) is -0.0288. The number of ether oxygens (including phenoxy) is 1. The Labute approximate surface area is 108 Å². The van der Waals surface area contributed by atoms with E-state index in [1.54, 1.807) is 0 Å². The fraction of sp³-hybridized carbons (Fsp3) is 0.833. The molecule has 1 saturated heterocycles.